The van der Waals surface area contributed by atoms with E-state index in [-0.39, 0.29) is 12.7 Å². The molecule has 0 spiro atoms. The summed E-state index contributed by atoms with van der Waals surface area (Å²) >= 11 is 0. The maximum absolute atomic E-state index is 11.8. The minimum atomic E-state index is -0.0637. The third-order valence-corrected chi connectivity index (χ3v) is 1.96. The Labute approximate surface area is 84.5 Å². The second kappa shape index (κ2) is 5.52. The third kappa shape index (κ3) is 2.65. The molecule has 1 aliphatic rings. The molecule has 4 nitrogen and oxygen atoms in total. The number of amides is 1. The second-order valence-corrected chi connectivity index (χ2v) is 3.20. The van der Waals surface area contributed by atoms with Gasteiger partial charge in [0, 0.05) is 13.1 Å². The van der Waals surface area contributed by atoms with Crippen LogP contribution in [0.4, 0.5) is 0 Å². The fraction of sp³-hybridized carbons (Fsp3) is 0.700. The predicted molar refractivity (Wildman–Crippen MR) is 52.3 cm³/mol. The van der Waals surface area contributed by atoms with Crippen molar-refractivity contribution in [2.45, 2.75) is 26.7 Å². The molecule has 1 aliphatic heterocycles. The summed E-state index contributed by atoms with van der Waals surface area (Å²) in [6.07, 6.45) is 3.31. The SMILES string of the molecule is CCCN(CCC)C(=O)C1=COCO1. The van der Waals surface area contributed by atoms with Crippen molar-refractivity contribution in [2.75, 3.05) is 19.9 Å². The minimum absolute atomic E-state index is 0.0637. The van der Waals surface area contributed by atoms with Crippen molar-refractivity contribution in [3.63, 3.8) is 0 Å². The van der Waals surface area contributed by atoms with Gasteiger partial charge in [-0.25, -0.2) is 0 Å². The van der Waals surface area contributed by atoms with Crippen LogP contribution in [0.3, 0.4) is 0 Å². The Morgan fingerprint density at radius 1 is 1.43 bits per heavy atom. The van der Waals surface area contributed by atoms with Gasteiger partial charge in [-0.2, -0.15) is 0 Å². The number of carbonyl (C=O) groups excluding carboxylic acids is 1. The van der Waals surface area contributed by atoms with Gasteiger partial charge < -0.3 is 14.4 Å². The molecule has 0 aromatic heterocycles. The zero-order chi connectivity index (χ0) is 10.4. The van der Waals surface area contributed by atoms with Gasteiger partial charge in [-0.1, -0.05) is 13.8 Å². The molecular formula is C10H17NO3. The number of nitrogens with zero attached hydrogens (tertiary/aromatic N) is 1. The van der Waals surface area contributed by atoms with Crippen molar-refractivity contribution in [3.05, 3.63) is 12.0 Å². The lowest BCUT2D eigenvalue weighted by Crippen LogP contribution is -2.33. The summed E-state index contributed by atoms with van der Waals surface area (Å²) in [6, 6.07) is 0. The molecule has 0 saturated carbocycles. The normalized spacial score (nSPS) is 14.3. The minimum Gasteiger partial charge on any atom is -0.461 e. The molecule has 1 amide bonds. The van der Waals surface area contributed by atoms with E-state index in [1.54, 1.807) is 4.90 Å². The van der Waals surface area contributed by atoms with E-state index in [2.05, 4.69) is 13.8 Å². The van der Waals surface area contributed by atoms with E-state index in [4.69, 9.17) is 9.47 Å². The highest BCUT2D eigenvalue weighted by Gasteiger charge is 2.21. The van der Waals surface area contributed by atoms with E-state index in [1.807, 2.05) is 0 Å². The fourth-order valence-corrected chi connectivity index (χ4v) is 1.36. The van der Waals surface area contributed by atoms with Gasteiger partial charge in [-0.15, -0.1) is 0 Å². The number of carbonyl (C=O) groups is 1. The van der Waals surface area contributed by atoms with Crippen molar-refractivity contribution in [3.8, 4) is 0 Å². The molecule has 4 heteroatoms. The van der Waals surface area contributed by atoms with Crippen LogP contribution in [0.15, 0.2) is 12.0 Å². The number of rotatable bonds is 5. The standard InChI is InChI=1S/C10H17NO3/c1-3-5-11(6-4-2)10(12)9-7-13-8-14-9/h7H,3-6,8H2,1-2H3. The lowest BCUT2D eigenvalue weighted by Gasteiger charge is -2.20. The number of ether oxygens (including phenoxy) is 2. The summed E-state index contributed by atoms with van der Waals surface area (Å²) in [7, 11) is 0. The van der Waals surface area contributed by atoms with Crippen molar-refractivity contribution in [1.82, 2.24) is 4.90 Å². The zero-order valence-electron chi connectivity index (χ0n) is 8.78. The first-order chi connectivity index (χ1) is 6.79. The first-order valence-electron chi connectivity index (χ1n) is 5.03. The summed E-state index contributed by atoms with van der Waals surface area (Å²) in [4.78, 5) is 13.6. The maximum atomic E-state index is 11.8. The maximum Gasteiger partial charge on any atom is 0.292 e. The van der Waals surface area contributed by atoms with E-state index < -0.39 is 0 Å². The highest BCUT2D eigenvalue weighted by molar-refractivity contribution is 5.91. The van der Waals surface area contributed by atoms with Gasteiger partial charge in [0.1, 0.15) is 6.26 Å². The molecule has 80 valence electrons. The molecule has 0 fully saturated rings. The molecule has 1 heterocycles. The Kier molecular flexibility index (Phi) is 4.29. The predicted octanol–water partition coefficient (Wildman–Crippen LogP) is 1.48. The molecule has 0 unspecified atom stereocenters. The molecular weight excluding hydrogens is 182 g/mol. The van der Waals surface area contributed by atoms with Crippen molar-refractivity contribution in [1.29, 1.82) is 0 Å². The van der Waals surface area contributed by atoms with Crippen LogP contribution < -0.4 is 0 Å². The van der Waals surface area contributed by atoms with Crippen LogP contribution >= 0.6 is 0 Å². The molecule has 0 aliphatic carbocycles. The zero-order valence-corrected chi connectivity index (χ0v) is 8.78. The largest absolute Gasteiger partial charge is 0.461 e. The lowest BCUT2D eigenvalue weighted by atomic mass is 10.3. The van der Waals surface area contributed by atoms with Crippen LogP contribution in [0, 0.1) is 0 Å². The highest BCUT2D eigenvalue weighted by atomic mass is 16.7. The van der Waals surface area contributed by atoms with Gasteiger partial charge in [0.25, 0.3) is 5.91 Å². The Morgan fingerprint density at radius 3 is 2.50 bits per heavy atom. The number of hydrogen-bond acceptors (Lipinski definition) is 3. The van der Waals surface area contributed by atoms with Gasteiger partial charge in [0.05, 0.1) is 0 Å². The molecule has 14 heavy (non-hydrogen) atoms. The molecule has 0 bridgehead atoms. The topological polar surface area (TPSA) is 38.8 Å². The molecule has 0 aromatic rings. The Bertz CT molecular complexity index is 219. The van der Waals surface area contributed by atoms with E-state index in [0.29, 0.717) is 5.76 Å². The second-order valence-electron chi connectivity index (χ2n) is 3.20. The summed E-state index contributed by atoms with van der Waals surface area (Å²) in [5, 5.41) is 0. The quantitative estimate of drug-likeness (QED) is 0.673. The average Bonchev–Trinajstić information content (AvgIpc) is 2.69. The van der Waals surface area contributed by atoms with Crippen molar-refractivity contribution in [2.24, 2.45) is 0 Å². The summed E-state index contributed by atoms with van der Waals surface area (Å²) in [5.74, 6) is 0.262. The van der Waals surface area contributed by atoms with Gasteiger partial charge in [0.15, 0.2) is 0 Å². The highest BCUT2D eigenvalue weighted by Crippen LogP contribution is 2.11. The van der Waals surface area contributed by atoms with Crippen molar-refractivity contribution < 1.29 is 14.3 Å². The van der Waals surface area contributed by atoms with Gasteiger partial charge in [0.2, 0.25) is 12.6 Å². The van der Waals surface area contributed by atoms with Crippen molar-refractivity contribution >= 4 is 5.91 Å². The summed E-state index contributed by atoms with van der Waals surface area (Å²) in [5.41, 5.74) is 0. The monoisotopic (exact) mass is 199 g/mol. The Morgan fingerprint density at radius 2 is 2.07 bits per heavy atom. The van der Waals surface area contributed by atoms with Crippen LogP contribution in [-0.4, -0.2) is 30.7 Å². The number of hydrogen-bond donors (Lipinski definition) is 0. The Balaban J connectivity index is 2.53. The Hall–Kier alpha value is -1.19. The molecule has 0 atom stereocenters. The average molecular weight is 199 g/mol. The fourth-order valence-electron chi connectivity index (χ4n) is 1.36. The summed E-state index contributed by atoms with van der Waals surface area (Å²) in [6.45, 7) is 5.81. The van der Waals surface area contributed by atoms with Gasteiger partial charge in [-0.3, -0.25) is 4.79 Å². The first kappa shape index (κ1) is 10.9. The van der Waals surface area contributed by atoms with Crippen LogP contribution in [-0.2, 0) is 14.3 Å². The molecule has 0 radical (unpaired) electrons. The van der Waals surface area contributed by atoms with Crippen LogP contribution in [0.2, 0.25) is 0 Å². The van der Waals surface area contributed by atoms with Crippen LogP contribution in [0.5, 0.6) is 0 Å². The van der Waals surface area contributed by atoms with Crippen LogP contribution in [0.25, 0.3) is 0 Å². The molecule has 0 aromatic carbocycles. The lowest BCUT2D eigenvalue weighted by molar-refractivity contribution is -0.131. The molecule has 1 rings (SSSR count). The molecule has 0 N–H and O–H groups in total. The van der Waals surface area contributed by atoms with E-state index in [0.717, 1.165) is 25.9 Å². The van der Waals surface area contributed by atoms with Crippen LogP contribution in [0.1, 0.15) is 26.7 Å². The first-order valence-corrected chi connectivity index (χ1v) is 5.03. The molecule has 0 saturated heterocycles. The summed E-state index contributed by atoms with van der Waals surface area (Å²) < 4.78 is 9.89. The van der Waals surface area contributed by atoms with E-state index in [1.165, 1.54) is 6.26 Å². The van der Waals surface area contributed by atoms with Gasteiger partial charge in [-0.05, 0) is 12.8 Å². The smallest absolute Gasteiger partial charge is 0.292 e. The third-order valence-electron chi connectivity index (χ3n) is 1.96. The van der Waals surface area contributed by atoms with Gasteiger partial charge >= 0.3 is 0 Å². The van der Waals surface area contributed by atoms with E-state index >= 15 is 0 Å². The van der Waals surface area contributed by atoms with E-state index in [9.17, 15) is 4.79 Å².